The van der Waals surface area contributed by atoms with E-state index in [1.165, 1.54) is 25.3 Å². The quantitative estimate of drug-likeness (QED) is 0.502. The van der Waals surface area contributed by atoms with E-state index in [2.05, 4.69) is 30.2 Å². The van der Waals surface area contributed by atoms with Crippen molar-refractivity contribution in [3.8, 4) is 22.8 Å². The molecular formula is C22H22F4N6O3. The van der Waals surface area contributed by atoms with Crippen LogP contribution < -0.4 is 19.7 Å². The number of methoxy groups -OCH3 is 1. The van der Waals surface area contributed by atoms with E-state index in [9.17, 15) is 17.6 Å². The zero-order chi connectivity index (χ0) is 25.2. The minimum absolute atomic E-state index is 0.0354. The van der Waals surface area contributed by atoms with Crippen LogP contribution in [-0.2, 0) is 4.74 Å². The molecule has 3 aromatic rings. The predicted molar refractivity (Wildman–Crippen MR) is 118 cm³/mol. The van der Waals surface area contributed by atoms with Crippen molar-refractivity contribution in [3.63, 3.8) is 0 Å². The first kappa shape index (κ1) is 24.4. The summed E-state index contributed by atoms with van der Waals surface area (Å²) < 4.78 is 66.7. The number of halogens is 4. The molecule has 2 aromatic heterocycles. The lowest BCUT2D eigenvalue weighted by Gasteiger charge is -2.35. The van der Waals surface area contributed by atoms with Gasteiger partial charge in [-0.3, -0.25) is 0 Å². The maximum atomic E-state index is 14.5. The number of nitrogens with zero attached hydrogens (tertiary/aromatic N) is 5. The summed E-state index contributed by atoms with van der Waals surface area (Å²) in [7, 11) is 1.38. The number of rotatable bonds is 6. The average molecular weight is 494 g/mol. The molecule has 0 unspecified atom stereocenters. The molecule has 1 aliphatic heterocycles. The molecule has 13 heteroatoms. The van der Waals surface area contributed by atoms with Crippen molar-refractivity contribution in [2.75, 3.05) is 30.4 Å². The Balaban J connectivity index is 1.59. The SMILES string of the molecule is COc1nnc(Nc2nc(N3C[C@@H](C)O[C@@H](C)C3)ncc2F)cc1-c1ccc(OC(F)(F)F)cc1. The number of morpholine rings is 1. The van der Waals surface area contributed by atoms with Gasteiger partial charge in [-0.2, -0.15) is 4.98 Å². The highest BCUT2D eigenvalue weighted by Gasteiger charge is 2.31. The van der Waals surface area contributed by atoms with Crippen molar-refractivity contribution in [2.24, 2.45) is 0 Å². The second-order valence-electron chi connectivity index (χ2n) is 7.88. The van der Waals surface area contributed by atoms with Crippen molar-refractivity contribution in [1.82, 2.24) is 20.2 Å². The summed E-state index contributed by atoms with van der Waals surface area (Å²) >= 11 is 0. The zero-order valence-electron chi connectivity index (χ0n) is 19.0. The lowest BCUT2D eigenvalue weighted by Crippen LogP contribution is -2.46. The first-order valence-corrected chi connectivity index (χ1v) is 10.6. The standard InChI is InChI=1S/C22H22F4N6O3/c1-12-10-32(11-13(2)34-12)21-27-9-17(23)19(29-21)28-18-8-16(20(33-3)31-30-18)14-4-6-15(7-5-14)35-22(24,25)26/h4-9,12-13H,10-11H2,1-3H3,(H,27,28,29,30)/t12-,13+. The molecule has 9 nitrogen and oxygen atoms in total. The summed E-state index contributed by atoms with van der Waals surface area (Å²) in [5, 5.41) is 10.8. The molecule has 1 N–H and O–H groups in total. The highest BCUT2D eigenvalue weighted by Crippen LogP contribution is 2.32. The van der Waals surface area contributed by atoms with Crippen LogP contribution in [0.25, 0.3) is 11.1 Å². The molecule has 0 bridgehead atoms. The summed E-state index contributed by atoms with van der Waals surface area (Å²) in [4.78, 5) is 10.3. The number of hydrogen-bond acceptors (Lipinski definition) is 9. The van der Waals surface area contributed by atoms with Crippen LogP contribution in [0.15, 0.2) is 36.5 Å². The number of nitrogens with one attached hydrogen (secondary N) is 1. The van der Waals surface area contributed by atoms with Gasteiger partial charge in [0, 0.05) is 18.7 Å². The van der Waals surface area contributed by atoms with Crippen molar-refractivity contribution < 1.29 is 31.8 Å². The fraction of sp³-hybridized carbons (Fsp3) is 0.364. The van der Waals surface area contributed by atoms with Crippen LogP contribution in [0, 0.1) is 5.82 Å². The van der Waals surface area contributed by atoms with Crippen LogP contribution in [0.3, 0.4) is 0 Å². The number of hydrogen-bond donors (Lipinski definition) is 1. The fourth-order valence-corrected chi connectivity index (χ4v) is 3.70. The molecule has 1 fully saturated rings. The first-order valence-electron chi connectivity index (χ1n) is 10.6. The Labute approximate surface area is 198 Å². The molecule has 4 rings (SSSR count). The Hall–Kier alpha value is -3.74. The number of aromatic nitrogens is 4. The van der Waals surface area contributed by atoms with Crippen molar-refractivity contribution >= 4 is 17.6 Å². The number of alkyl halides is 3. The fourth-order valence-electron chi connectivity index (χ4n) is 3.70. The van der Waals surface area contributed by atoms with Gasteiger partial charge in [-0.25, -0.2) is 9.37 Å². The number of benzene rings is 1. The number of anilines is 3. The van der Waals surface area contributed by atoms with Crippen LogP contribution in [0.4, 0.5) is 35.1 Å². The monoisotopic (exact) mass is 494 g/mol. The molecule has 0 amide bonds. The molecule has 1 aromatic carbocycles. The molecule has 35 heavy (non-hydrogen) atoms. The van der Waals surface area contributed by atoms with Gasteiger partial charge in [0.2, 0.25) is 11.8 Å². The van der Waals surface area contributed by atoms with E-state index in [-0.39, 0.29) is 35.5 Å². The summed E-state index contributed by atoms with van der Waals surface area (Å²) in [6.07, 6.45) is -3.81. The highest BCUT2D eigenvalue weighted by atomic mass is 19.4. The number of ether oxygens (including phenoxy) is 3. The van der Waals surface area contributed by atoms with Gasteiger partial charge in [-0.1, -0.05) is 12.1 Å². The summed E-state index contributed by atoms with van der Waals surface area (Å²) in [5.41, 5.74) is 0.892. The van der Waals surface area contributed by atoms with Gasteiger partial charge in [-0.05, 0) is 37.6 Å². The maximum Gasteiger partial charge on any atom is 0.573 e. The van der Waals surface area contributed by atoms with Crippen LogP contribution in [0.1, 0.15) is 13.8 Å². The molecular weight excluding hydrogens is 472 g/mol. The van der Waals surface area contributed by atoms with E-state index < -0.39 is 12.2 Å². The molecule has 0 radical (unpaired) electrons. The Bertz CT molecular complexity index is 1170. The van der Waals surface area contributed by atoms with E-state index in [0.717, 1.165) is 18.3 Å². The average Bonchev–Trinajstić information content (AvgIpc) is 2.79. The largest absolute Gasteiger partial charge is 0.573 e. The smallest absolute Gasteiger partial charge is 0.479 e. The summed E-state index contributed by atoms with van der Waals surface area (Å²) in [6, 6.07) is 6.67. The lowest BCUT2D eigenvalue weighted by atomic mass is 10.1. The summed E-state index contributed by atoms with van der Waals surface area (Å²) in [6.45, 7) is 4.97. The van der Waals surface area contributed by atoms with E-state index in [4.69, 9.17) is 9.47 Å². The van der Waals surface area contributed by atoms with E-state index >= 15 is 0 Å². The van der Waals surface area contributed by atoms with Crippen LogP contribution in [-0.4, -0.2) is 58.9 Å². The molecule has 3 heterocycles. The summed E-state index contributed by atoms with van der Waals surface area (Å²) in [5.74, 6) is -0.582. The second-order valence-corrected chi connectivity index (χ2v) is 7.88. The van der Waals surface area contributed by atoms with E-state index in [0.29, 0.717) is 30.2 Å². The van der Waals surface area contributed by atoms with E-state index in [1.807, 2.05) is 18.7 Å². The van der Waals surface area contributed by atoms with E-state index in [1.54, 1.807) is 0 Å². The van der Waals surface area contributed by atoms with Crippen LogP contribution >= 0.6 is 0 Å². The Kier molecular flexibility index (Phi) is 6.87. The molecule has 0 spiro atoms. The minimum Gasteiger partial charge on any atom is -0.479 e. The van der Waals surface area contributed by atoms with Gasteiger partial charge in [-0.15, -0.1) is 23.4 Å². The highest BCUT2D eigenvalue weighted by molar-refractivity contribution is 5.72. The van der Waals surface area contributed by atoms with Crippen LogP contribution in [0.2, 0.25) is 0 Å². The molecule has 0 saturated carbocycles. The van der Waals surface area contributed by atoms with Gasteiger partial charge < -0.3 is 24.4 Å². The van der Waals surface area contributed by atoms with Gasteiger partial charge in [0.05, 0.1) is 25.5 Å². The maximum absolute atomic E-state index is 14.5. The topological polar surface area (TPSA) is 94.5 Å². The molecule has 2 atom stereocenters. The lowest BCUT2D eigenvalue weighted by molar-refractivity contribution is -0.274. The van der Waals surface area contributed by atoms with Gasteiger partial charge in [0.1, 0.15) is 5.75 Å². The minimum atomic E-state index is -4.80. The molecule has 0 aliphatic carbocycles. The Morgan fingerprint density at radius 3 is 2.40 bits per heavy atom. The Morgan fingerprint density at radius 1 is 1.09 bits per heavy atom. The molecule has 186 valence electrons. The second kappa shape index (κ2) is 9.86. The third kappa shape index (κ3) is 6.04. The van der Waals surface area contributed by atoms with Crippen molar-refractivity contribution in [3.05, 3.63) is 42.3 Å². The molecule has 1 saturated heterocycles. The first-order chi connectivity index (χ1) is 16.6. The zero-order valence-corrected chi connectivity index (χ0v) is 19.0. The van der Waals surface area contributed by atoms with Crippen molar-refractivity contribution in [1.29, 1.82) is 0 Å². The van der Waals surface area contributed by atoms with Gasteiger partial charge >= 0.3 is 6.36 Å². The normalized spacial score (nSPS) is 18.3. The van der Waals surface area contributed by atoms with Gasteiger partial charge in [0.15, 0.2) is 17.5 Å². The third-order valence-electron chi connectivity index (χ3n) is 5.03. The predicted octanol–water partition coefficient (Wildman–Crippen LogP) is 4.34. The van der Waals surface area contributed by atoms with Crippen LogP contribution in [0.5, 0.6) is 11.6 Å². The Morgan fingerprint density at radius 2 is 1.77 bits per heavy atom. The van der Waals surface area contributed by atoms with Gasteiger partial charge in [0.25, 0.3) is 0 Å². The third-order valence-corrected chi connectivity index (χ3v) is 5.03. The van der Waals surface area contributed by atoms with Crippen molar-refractivity contribution in [2.45, 2.75) is 32.4 Å². The molecule has 1 aliphatic rings.